The number of nitrogens with zero attached hydrogens (tertiary/aromatic N) is 4. The third-order valence-electron chi connectivity index (χ3n) is 6.32. The molecule has 0 unspecified atom stereocenters. The number of nitrogens with one attached hydrogen (secondary N) is 2. The van der Waals surface area contributed by atoms with Gasteiger partial charge in [-0.2, -0.15) is 15.0 Å². The van der Waals surface area contributed by atoms with E-state index in [2.05, 4.69) is 104 Å². The molecule has 0 atom stereocenters. The Bertz CT molecular complexity index is 1010. The average Bonchev–Trinajstić information content (AvgIpc) is 2.94. The molecular formula is C29H36N6O. The summed E-state index contributed by atoms with van der Waals surface area (Å²) in [5.74, 6) is 2.09. The maximum atomic E-state index is 6.37. The minimum atomic E-state index is 0.243. The molecule has 0 saturated carbocycles. The smallest absolute Gasteiger partial charge is 0.231 e. The minimum absolute atomic E-state index is 0.243. The summed E-state index contributed by atoms with van der Waals surface area (Å²) in [7, 11) is 0. The van der Waals surface area contributed by atoms with Gasteiger partial charge in [0, 0.05) is 38.7 Å². The SMILES string of the molecule is C=CCNc1nc(NCC=C)nc(N2CCC(OCCC(c3ccccc3)c3ccccc3)CC2)n1. The standard InChI is InChI=1S/C29H36N6O/c1-3-18-30-27-32-28(31-19-4-2)34-29(33-27)35-20-15-25(16-21-35)36-22-17-26(23-11-7-5-8-12-23)24-13-9-6-10-14-24/h3-14,25-26H,1-2,15-22H2,(H2,30,31,32,33,34). The van der Waals surface area contributed by atoms with Crippen molar-refractivity contribution in [2.75, 3.05) is 48.3 Å². The maximum Gasteiger partial charge on any atom is 0.231 e. The van der Waals surface area contributed by atoms with E-state index in [0.717, 1.165) is 39.0 Å². The van der Waals surface area contributed by atoms with E-state index in [1.165, 1.54) is 11.1 Å². The van der Waals surface area contributed by atoms with Gasteiger partial charge in [0.2, 0.25) is 17.8 Å². The van der Waals surface area contributed by atoms with Crippen molar-refractivity contribution < 1.29 is 4.74 Å². The highest BCUT2D eigenvalue weighted by Gasteiger charge is 2.23. The van der Waals surface area contributed by atoms with E-state index in [-0.39, 0.29) is 6.10 Å². The van der Waals surface area contributed by atoms with E-state index in [1.807, 2.05) is 0 Å². The first-order valence-electron chi connectivity index (χ1n) is 12.7. The molecular weight excluding hydrogens is 448 g/mol. The van der Waals surface area contributed by atoms with Crippen LogP contribution in [0.2, 0.25) is 0 Å². The quantitative estimate of drug-likeness (QED) is 0.320. The lowest BCUT2D eigenvalue weighted by Gasteiger charge is -2.32. The van der Waals surface area contributed by atoms with Crippen LogP contribution in [0.1, 0.15) is 36.3 Å². The average molecular weight is 485 g/mol. The van der Waals surface area contributed by atoms with Crippen molar-refractivity contribution in [3.8, 4) is 0 Å². The normalized spacial score (nSPS) is 14.0. The lowest BCUT2D eigenvalue weighted by Crippen LogP contribution is -2.38. The van der Waals surface area contributed by atoms with Crippen molar-refractivity contribution in [3.05, 3.63) is 97.1 Å². The molecule has 0 amide bonds. The Kier molecular flexibility index (Phi) is 9.45. The molecule has 1 aromatic heterocycles. The van der Waals surface area contributed by atoms with Crippen molar-refractivity contribution in [1.82, 2.24) is 15.0 Å². The fourth-order valence-electron chi connectivity index (χ4n) is 4.46. The van der Waals surface area contributed by atoms with Crippen molar-refractivity contribution in [3.63, 3.8) is 0 Å². The van der Waals surface area contributed by atoms with Crippen LogP contribution in [0.25, 0.3) is 0 Å². The number of hydrogen-bond donors (Lipinski definition) is 2. The number of aromatic nitrogens is 3. The Morgan fingerprint density at radius 1 is 0.833 bits per heavy atom. The van der Waals surface area contributed by atoms with Gasteiger partial charge in [0.15, 0.2) is 0 Å². The Morgan fingerprint density at radius 2 is 1.36 bits per heavy atom. The van der Waals surface area contributed by atoms with Gasteiger partial charge >= 0.3 is 0 Å². The number of rotatable bonds is 13. The zero-order valence-corrected chi connectivity index (χ0v) is 20.9. The van der Waals surface area contributed by atoms with E-state index in [1.54, 1.807) is 12.2 Å². The molecule has 1 aliphatic heterocycles. The molecule has 2 heterocycles. The van der Waals surface area contributed by atoms with Crippen LogP contribution in [0.5, 0.6) is 0 Å². The molecule has 188 valence electrons. The summed E-state index contributed by atoms with van der Waals surface area (Å²) in [6, 6.07) is 21.4. The summed E-state index contributed by atoms with van der Waals surface area (Å²) in [4.78, 5) is 15.9. The van der Waals surface area contributed by atoms with Crippen LogP contribution in [0.15, 0.2) is 86.0 Å². The summed E-state index contributed by atoms with van der Waals surface area (Å²) in [5.41, 5.74) is 2.66. The first kappa shape index (κ1) is 25.4. The number of benzene rings is 2. The molecule has 36 heavy (non-hydrogen) atoms. The second-order valence-corrected chi connectivity index (χ2v) is 8.84. The van der Waals surface area contributed by atoms with Gasteiger partial charge in [0.25, 0.3) is 0 Å². The van der Waals surface area contributed by atoms with Crippen LogP contribution < -0.4 is 15.5 Å². The number of ether oxygens (including phenoxy) is 1. The van der Waals surface area contributed by atoms with E-state index in [4.69, 9.17) is 4.74 Å². The molecule has 1 aliphatic rings. The second-order valence-electron chi connectivity index (χ2n) is 8.84. The Hall–Kier alpha value is -3.71. The number of hydrogen-bond acceptors (Lipinski definition) is 7. The van der Waals surface area contributed by atoms with E-state index < -0.39 is 0 Å². The molecule has 3 aromatic rings. The summed E-state index contributed by atoms with van der Waals surface area (Å²) in [5, 5.41) is 6.33. The predicted molar refractivity (Wildman–Crippen MR) is 148 cm³/mol. The molecule has 4 rings (SSSR count). The molecule has 1 saturated heterocycles. The van der Waals surface area contributed by atoms with Crippen LogP contribution in [0.3, 0.4) is 0 Å². The van der Waals surface area contributed by atoms with Crippen molar-refractivity contribution in [1.29, 1.82) is 0 Å². The molecule has 1 fully saturated rings. The summed E-state index contributed by atoms with van der Waals surface area (Å²) in [6.45, 7) is 11.1. The van der Waals surface area contributed by atoms with Crippen molar-refractivity contribution >= 4 is 17.8 Å². The Morgan fingerprint density at radius 3 is 1.86 bits per heavy atom. The van der Waals surface area contributed by atoms with E-state index >= 15 is 0 Å². The lowest BCUT2D eigenvalue weighted by atomic mass is 9.89. The molecule has 2 aromatic carbocycles. The minimum Gasteiger partial charge on any atom is -0.378 e. The van der Waals surface area contributed by atoms with Gasteiger partial charge in [-0.25, -0.2) is 0 Å². The fraction of sp³-hybridized carbons (Fsp3) is 0.345. The van der Waals surface area contributed by atoms with Gasteiger partial charge < -0.3 is 20.3 Å². The second kappa shape index (κ2) is 13.4. The first-order valence-corrected chi connectivity index (χ1v) is 12.7. The Balaban J connectivity index is 1.32. The largest absolute Gasteiger partial charge is 0.378 e. The topological polar surface area (TPSA) is 75.2 Å². The van der Waals surface area contributed by atoms with Crippen LogP contribution in [0.4, 0.5) is 17.8 Å². The highest BCUT2D eigenvalue weighted by molar-refractivity contribution is 5.44. The van der Waals surface area contributed by atoms with Crippen LogP contribution in [0, 0.1) is 0 Å². The van der Waals surface area contributed by atoms with Crippen molar-refractivity contribution in [2.24, 2.45) is 0 Å². The third-order valence-corrected chi connectivity index (χ3v) is 6.32. The molecule has 0 spiro atoms. The summed E-state index contributed by atoms with van der Waals surface area (Å²) in [6.07, 6.45) is 6.65. The van der Waals surface area contributed by atoms with Crippen LogP contribution >= 0.6 is 0 Å². The molecule has 7 heteroatoms. The van der Waals surface area contributed by atoms with Gasteiger partial charge in [-0.05, 0) is 30.4 Å². The number of anilines is 3. The lowest BCUT2D eigenvalue weighted by molar-refractivity contribution is 0.0340. The zero-order valence-electron chi connectivity index (χ0n) is 20.9. The van der Waals surface area contributed by atoms with Crippen LogP contribution in [-0.4, -0.2) is 53.8 Å². The number of piperidine rings is 1. The van der Waals surface area contributed by atoms with Gasteiger partial charge in [-0.15, -0.1) is 13.2 Å². The summed E-state index contributed by atoms with van der Waals surface area (Å²) >= 11 is 0. The van der Waals surface area contributed by atoms with Gasteiger partial charge in [-0.3, -0.25) is 0 Å². The van der Waals surface area contributed by atoms with E-state index in [0.29, 0.717) is 36.9 Å². The molecule has 0 radical (unpaired) electrons. The Labute approximate surface area is 214 Å². The molecule has 0 aliphatic carbocycles. The highest BCUT2D eigenvalue weighted by Crippen LogP contribution is 2.28. The fourth-order valence-corrected chi connectivity index (χ4v) is 4.46. The summed E-state index contributed by atoms with van der Waals surface area (Å²) < 4.78 is 6.37. The van der Waals surface area contributed by atoms with Gasteiger partial charge in [-0.1, -0.05) is 72.8 Å². The monoisotopic (exact) mass is 484 g/mol. The highest BCUT2D eigenvalue weighted by atomic mass is 16.5. The molecule has 2 N–H and O–H groups in total. The maximum absolute atomic E-state index is 6.37. The zero-order chi connectivity index (χ0) is 25.0. The van der Waals surface area contributed by atoms with Gasteiger partial charge in [0.1, 0.15) is 0 Å². The molecule has 0 bridgehead atoms. The first-order chi connectivity index (χ1) is 17.8. The predicted octanol–water partition coefficient (Wildman–Crippen LogP) is 5.28. The van der Waals surface area contributed by atoms with E-state index in [9.17, 15) is 0 Å². The van der Waals surface area contributed by atoms with Crippen LogP contribution in [-0.2, 0) is 4.74 Å². The third kappa shape index (κ3) is 7.15. The molecule has 7 nitrogen and oxygen atoms in total. The van der Waals surface area contributed by atoms with Crippen molar-refractivity contribution in [2.45, 2.75) is 31.3 Å². The van der Waals surface area contributed by atoms with Gasteiger partial charge in [0.05, 0.1) is 6.10 Å².